The summed E-state index contributed by atoms with van der Waals surface area (Å²) in [4.78, 5) is 6.07. The topological polar surface area (TPSA) is 68.2 Å². The lowest BCUT2D eigenvalue weighted by Crippen LogP contribution is -2.18. The van der Waals surface area contributed by atoms with E-state index in [1.807, 2.05) is 0 Å². The third-order valence-corrected chi connectivity index (χ3v) is 0.209. The van der Waals surface area contributed by atoms with Gasteiger partial charge in [0.25, 0.3) is 0 Å². The van der Waals surface area contributed by atoms with Crippen molar-refractivity contribution in [3.05, 3.63) is 0 Å². The summed E-state index contributed by atoms with van der Waals surface area (Å²) in [7, 11) is -2.09. The van der Waals surface area contributed by atoms with Crippen LogP contribution in [-0.2, 0) is 14.7 Å². The molecule has 5 nitrogen and oxygen atoms in total. The monoisotopic (exact) mass is 112 g/mol. The van der Waals surface area contributed by atoms with Crippen LogP contribution in [0.2, 0.25) is 0 Å². The van der Waals surface area contributed by atoms with Crippen molar-refractivity contribution in [1.29, 1.82) is 0 Å². The standard InChI is InChI=1S/BFH2O5/c2-7-6-1(3)5-4/h3-4H. The summed E-state index contributed by atoms with van der Waals surface area (Å²) in [5.41, 5.74) is 0. The summed E-state index contributed by atoms with van der Waals surface area (Å²) in [6.07, 6.45) is 0. The van der Waals surface area contributed by atoms with Crippen LogP contribution in [0.25, 0.3) is 0 Å². The van der Waals surface area contributed by atoms with E-state index in [-0.39, 0.29) is 0 Å². The quantitative estimate of drug-likeness (QED) is 0.286. The van der Waals surface area contributed by atoms with Gasteiger partial charge in [-0.3, -0.25) is 5.26 Å². The Bertz CT molecular complexity index is 39.1. The third kappa shape index (κ3) is 3.63. The molecule has 0 bridgehead atoms. The average molecular weight is 112 g/mol. The van der Waals surface area contributed by atoms with E-state index in [9.17, 15) is 4.53 Å². The van der Waals surface area contributed by atoms with E-state index in [1.165, 1.54) is 0 Å². The Hall–Kier alpha value is -0.205. The summed E-state index contributed by atoms with van der Waals surface area (Å²) < 4.78 is 10.4. The van der Waals surface area contributed by atoms with Crippen LogP contribution in [0.1, 0.15) is 0 Å². The summed E-state index contributed by atoms with van der Waals surface area (Å²) in [6, 6.07) is 0. The van der Waals surface area contributed by atoms with E-state index in [0.29, 0.717) is 0 Å². The van der Waals surface area contributed by atoms with Gasteiger partial charge in [-0.2, -0.15) is 4.81 Å². The molecule has 0 rings (SSSR count). The van der Waals surface area contributed by atoms with Crippen molar-refractivity contribution < 1.29 is 29.5 Å². The van der Waals surface area contributed by atoms with Gasteiger partial charge < -0.3 is 5.02 Å². The smallest absolute Gasteiger partial charge is 0.399 e. The molecular formula is H2BFO5. The normalized spacial score (nSPS) is 9.00. The van der Waals surface area contributed by atoms with Crippen LogP contribution < -0.4 is 0 Å². The van der Waals surface area contributed by atoms with E-state index < -0.39 is 7.32 Å². The van der Waals surface area contributed by atoms with Crippen LogP contribution in [0.3, 0.4) is 0 Å². The number of rotatable bonds is 3. The molecule has 0 atom stereocenters. The van der Waals surface area contributed by atoms with Gasteiger partial charge in [0.05, 0.1) is 0 Å². The molecule has 0 unspecified atom stereocenters. The lowest BCUT2D eigenvalue weighted by atomic mass is 10.3. The Morgan fingerprint density at radius 2 is 2.14 bits per heavy atom. The predicted octanol–water partition coefficient (Wildman–Crippen LogP) is -0.714. The number of hydrogen-bond acceptors (Lipinski definition) is 5. The molecule has 0 spiro atoms. The first-order valence-electron chi connectivity index (χ1n) is 1.23. The van der Waals surface area contributed by atoms with Gasteiger partial charge >= 0.3 is 7.32 Å². The van der Waals surface area contributed by atoms with Crippen molar-refractivity contribution in [3.63, 3.8) is 0 Å². The maximum Gasteiger partial charge on any atom is 0.696 e. The molecule has 0 fully saturated rings. The van der Waals surface area contributed by atoms with Crippen LogP contribution in [0.4, 0.5) is 4.53 Å². The molecule has 0 aliphatic carbocycles. The second kappa shape index (κ2) is 3.97. The van der Waals surface area contributed by atoms with Gasteiger partial charge in [0, 0.05) is 0 Å². The minimum absolute atomic E-state index is 2.09. The van der Waals surface area contributed by atoms with Crippen LogP contribution in [-0.4, -0.2) is 17.6 Å². The van der Waals surface area contributed by atoms with Gasteiger partial charge in [0.1, 0.15) is 0 Å². The molecule has 0 amide bonds. The Morgan fingerprint density at radius 3 is 2.29 bits per heavy atom. The van der Waals surface area contributed by atoms with Gasteiger partial charge in [-0.15, -0.1) is 0 Å². The maximum absolute atomic E-state index is 10.4. The largest absolute Gasteiger partial charge is 0.696 e. The zero-order chi connectivity index (χ0) is 5.70. The SMILES string of the molecule is OOB(O)OOF. The van der Waals surface area contributed by atoms with Crippen LogP contribution in [0, 0.1) is 0 Å². The highest BCUT2D eigenvalue weighted by Crippen LogP contribution is 1.81. The minimum atomic E-state index is -2.09. The Kier molecular flexibility index (Phi) is 3.85. The summed E-state index contributed by atoms with van der Waals surface area (Å²) in [5.74, 6) is 0. The molecule has 7 heteroatoms. The van der Waals surface area contributed by atoms with Crippen molar-refractivity contribution >= 4 is 7.32 Å². The number of hydrogen-bond donors (Lipinski definition) is 2. The van der Waals surface area contributed by atoms with Gasteiger partial charge in [-0.25, -0.2) is 4.81 Å². The fourth-order valence-corrected chi connectivity index (χ4v) is 0.0487. The van der Waals surface area contributed by atoms with E-state index in [0.717, 1.165) is 0 Å². The summed E-state index contributed by atoms with van der Waals surface area (Å²) in [5, 5.41) is 17.5. The lowest BCUT2D eigenvalue weighted by Gasteiger charge is -1.91. The maximum atomic E-state index is 10.4. The molecule has 0 heterocycles. The fraction of sp³-hybridized carbons (Fsp3) is 0. The lowest BCUT2D eigenvalue weighted by molar-refractivity contribution is -0.397. The molecular weight excluding hydrogens is 110 g/mol. The van der Waals surface area contributed by atoms with Gasteiger partial charge in [0.2, 0.25) is 0 Å². The van der Waals surface area contributed by atoms with Crippen molar-refractivity contribution in [2.45, 2.75) is 0 Å². The van der Waals surface area contributed by atoms with E-state index in [4.69, 9.17) is 10.3 Å². The molecule has 42 valence electrons. The third-order valence-electron chi connectivity index (χ3n) is 0.209. The van der Waals surface area contributed by atoms with E-state index in [2.05, 4.69) is 14.7 Å². The van der Waals surface area contributed by atoms with E-state index >= 15 is 0 Å². The first-order chi connectivity index (χ1) is 3.31. The molecule has 0 saturated carbocycles. The molecule has 0 aliphatic heterocycles. The molecule has 2 N–H and O–H groups in total. The number of halogens is 1. The van der Waals surface area contributed by atoms with Crippen LogP contribution in [0.15, 0.2) is 0 Å². The van der Waals surface area contributed by atoms with Crippen molar-refractivity contribution in [2.75, 3.05) is 0 Å². The average Bonchev–Trinajstić information content (AvgIpc) is 1.68. The summed E-state index contributed by atoms with van der Waals surface area (Å²) >= 11 is 0. The molecule has 0 aliphatic rings. The highest BCUT2D eigenvalue weighted by molar-refractivity contribution is 6.33. The van der Waals surface area contributed by atoms with Gasteiger partial charge in [-0.1, -0.05) is 0 Å². The van der Waals surface area contributed by atoms with Crippen LogP contribution >= 0.6 is 0 Å². The van der Waals surface area contributed by atoms with Crippen molar-refractivity contribution in [2.24, 2.45) is 0 Å². The summed E-state index contributed by atoms with van der Waals surface area (Å²) in [6.45, 7) is 0. The minimum Gasteiger partial charge on any atom is -0.399 e. The van der Waals surface area contributed by atoms with Gasteiger partial charge in [-0.05, 0) is 9.62 Å². The predicted molar refractivity (Wildman–Crippen MR) is 15.0 cm³/mol. The zero-order valence-corrected chi connectivity index (χ0v) is 3.07. The zero-order valence-electron chi connectivity index (χ0n) is 3.07. The molecule has 0 saturated heterocycles. The Labute approximate surface area is 38.2 Å². The highest BCUT2D eigenvalue weighted by Gasteiger charge is 2.16. The highest BCUT2D eigenvalue weighted by atomic mass is 19.3. The Balaban J connectivity index is 2.83. The molecule has 0 aromatic heterocycles. The second-order valence-electron chi connectivity index (χ2n) is 0.572. The fourth-order valence-electron chi connectivity index (χ4n) is 0.0487. The molecule has 7 heavy (non-hydrogen) atoms. The van der Waals surface area contributed by atoms with Gasteiger partial charge in [0.15, 0.2) is 0 Å². The van der Waals surface area contributed by atoms with E-state index in [1.54, 1.807) is 0 Å². The molecule has 0 aromatic rings. The second-order valence-corrected chi connectivity index (χ2v) is 0.572. The van der Waals surface area contributed by atoms with Crippen molar-refractivity contribution in [3.8, 4) is 0 Å². The van der Waals surface area contributed by atoms with Crippen molar-refractivity contribution in [1.82, 2.24) is 0 Å². The first kappa shape index (κ1) is 6.79. The molecule has 0 aromatic carbocycles. The van der Waals surface area contributed by atoms with Crippen LogP contribution in [0.5, 0.6) is 0 Å². The molecule has 0 radical (unpaired) electrons. The Morgan fingerprint density at radius 1 is 1.57 bits per heavy atom. The first-order valence-corrected chi connectivity index (χ1v) is 1.23.